The summed E-state index contributed by atoms with van der Waals surface area (Å²) in [5.41, 5.74) is 1.21. The molecule has 1 aliphatic rings. The molecule has 2 heterocycles. The van der Waals surface area contributed by atoms with Crippen molar-refractivity contribution in [1.82, 2.24) is 9.88 Å². The van der Waals surface area contributed by atoms with Crippen molar-refractivity contribution in [3.63, 3.8) is 0 Å². The number of halogens is 1. The fourth-order valence-corrected chi connectivity index (χ4v) is 2.82. The van der Waals surface area contributed by atoms with E-state index in [0.29, 0.717) is 36.0 Å². The summed E-state index contributed by atoms with van der Waals surface area (Å²) in [6, 6.07) is 3.25. The molecule has 1 atom stereocenters. The highest BCUT2D eigenvalue weighted by Gasteiger charge is 2.33. The Kier molecular flexibility index (Phi) is 4.76. The number of pyridine rings is 1. The second-order valence-electron chi connectivity index (χ2n) is 5.19. The van der Waals surface area contributed by atoms with Crippen LogP contribution in [0.25, 0.3) is 0 Å². The Morgan fingerprint density at radius 1 is 1.45 bits per heavy atom. The minimum atomic E-state index is -0.257. The van der Waals surface area contributed by atoms with E-state index >= 15 is 0 Å². The number of carbonyl (C=O) groups excluding carboxylic acids is 2. The van der Waals surface area contributed by atoms with Gasteiger partial charge >= 0.3 is 0 Å². The van der Waals surface area contributed by atoms with E-state index in [1.165, 1.54) is 11.0 Å². The van der Waals surface area contributed by atoms with Crippen LogP contribution in [0.3, 0.4) is 0 Å². The molecule has 1 aliphatic heterocycles. The highest BCUT2D eigenvalue weighted by Crippen LogP contribution is 2.24. The quantitative estimate of drug-likeness (QED) is 0.633. The Balaban J connectivity index is 2.19. The number of rotatable bonds is 4. The smallest absolute Gasteiger partial charge is 0.260 e. The van der Waals surface area contributed by atoms with Gasteiger partial charge in [-0.25, -0.2) is 4.98 Å². The first-order chi connectivity index (χ1) is 9.55. The molecule has 0 N–H and O–H groups in total. The Hall–Kier alpha value is -1.42. The summed E-state index contributed by atoms with van der Waals surface area (Å²) in [6.07, 6.45) is 3.18. The average molecular weight is 295 g/mol. The number of hydrogen-bond donors (Lipinski definition) is 0. The fraction of sp³-hybridized carbons (Fsp3) is 0.533. The van der Waals surface area contributed by atoms with Gasteiger partial charge in [0.25, 0.3) is 5.91 Å². The van der Waals surface area contributed by atoms with Gasteiger partial charge in [-0.15, -0.1) is 0 Å². The molecule has 0 saturated carbocycles. The molecule has 0 bridgehead atoms. The number of aromatic nitrogens is 1. The number of hydrogen-bond acceptors (Lipinski definition) is 3. The number of carbonyl (C=O) groups is 2. The average Bonchev–Trinajstić information content (AvgIpc) is 2.78. The zero-order valence-electron chi connectivity index (χ0n) is 11.9. The van der Waals surface area contributed by atoms with Gasteiger partial charge in [-0.1, -0.05) is 31.9 Å². The molecule has 1 saturated heterocycles. The number of nitrogens with zero attached hydrogens (tertiary/aromatic N) is 2. The lowest BCUT2D eigenvalue weighted by atomic mass is 10.0. The Labute approximate surface area is 124 Å². The number of likely N-dealkylation sites (tertiary alicyclic amines) is 1. The molecule has 5 heteroatoms. The highest BCUT2D eigenvalue weighted by molar-refractivity contribution is 6.29. The molecular formula is C15H19ClN2O2. The summed E-state index contributed by atoms with van der Waals surface area (Å²) >= 11 is 5.93. The van der Waals surface area contributed by atoms with Crippen LogP contribution in [0.1, 0.15) is 49.2 Å². The molecular weight excluding hydrogens is 276 g/mol. The molecule has 1 fully saturated rings. The lowest BCUT2D eigenvalue weighted by molar-refractivity contribution is -0.125. The standard InChI is InChI=1S/C15H19ClN2O2/c1-3-5-10-6-14(19)18(9-10)15(20)11-7-12(4-2)17-13(16)8-11/h7-8,10H,3-6,9H2,1-2H3. The second-order valence-corrected chi connectivity index (χ2v) is 5.58. The molecule has 1 unspecified atom stereocenters. The van der Waals surface area contributed by atoms with E-state index in [-0.39, 0.29) is 11.8 Å². The van der Waals surface area contributed by atoms with Crippen LogP contribution in [0, 0.1) is 5.92 Å². The maximum atomic E-state index is 12.4. The van der Waals surface area contributed by atoms with Crippen molar-refractivity contribution in [1.29, 1.82) is 0 Å². The van der Waals surface area contributed by atoms with Crippen LogP contribution in [0.15, 0.2) is 12.1 Å². The summed E-state index contributed by atoms with van der Waals surface area (Å²) in [7, 11) is 0. The normalized spacial score (nSPS) is 18.6. The van der Waals surface area contributed by atoms with Crippen LogP contribution in [-0.2, 0) is 11.2 Å². The third-order valence-electron chi connectivity index (χ3n) is 3.60. The van der Waals surface area contributed by atoms with Crippen molar-refractivity contribution in [2.75, 3.05) is 6.54 Å². The Bertz CT molecular complexity index is 531. The molecule has 1 aromatic heterocycles. The maximum Gasteiger partial charge on any atom is 0.260 e. The Morgan fingerprint density at radius 3 is 2.85 bits per heavy atom. The zero-order chi connectivity index (χ0) is 14.7. The van der Waals surface area contributed by atoms with E-state index in [1.54, 1.807) is 6.07 Å². The Morgan fingerprint density at radius 2 is 2.20 bits per heavy atom. The van der Waals surface area contributed by atoms with Crippen molar-refractivity contribution < 1.29 is 9.59 Å². The third-order valence-corrected chi connectivity index (χ3v) is 3.80. The van der Waals surface area contributed by atoms with Gasteiger partial charge < -0.3 is 0 Å². The highest BCUT2D eigenvalue weighted by atomic mass is 35.5. The van der Waals surface area contributed by atoms with Gasteiger partial charge in [0.2, 0.25) is 5.91 Å². The van der Waals surface area contributed by atoms with Crippen LogP contribution in [0.2, 0.25) is 5.15 Å². The van der Waals surface area contributed by atoms with Gasteiger partial charge in [-0.05, 0) is 30.9 Å². The van der Waals surface area contributed by atoms with Crippen molar-refractivity contribution in [3.05, 3.63) is 28.5 Å². The van der Waals surface area contributed by atoms with Crippen molar-refractivity contribution in [2.45, 2.75) is 39.5 Å². The summed E-state index contributed by atoms with van der Waals surface area (Å²) < 4.78 is 0. The van der Waals surface area contributed by atoms with Crippen molar-refractivity contribution in [3.8, 4) is 0 Å². The number of aryl methyl sites for hydroxylation is 1. The van der Waals surface area contributed by atoms with E-state index in [0.717, 1.165) is 18.5 Å². The maximum absolute atomic E-state index is 12.4. The summed E-state index contributed by atoms with van der Waals surface area (Å²) in [5.74, 6) is -0.0496. The van der Waals surface area contributed by atoms with Crippen LogP contribution >= 0.6 is 11.6 Å². The van der Waals surface area contributed by atoms with E-state index in [2.05, 4.69) is 11.9 Å². The fourth-order valence-electron chi connectivity index (χ4n) is 2.59. The van der Waals surface area contributed by atoms with E-state index in [1.807, 2.05) is 6.92 Å². The third kappa shape index (κ3) is 3.18. The first-order valence-corrected chi connectivity index (χ1v) is 7.44. The predicted molar refractivity (Wildman–Crippen MR) is 77.7 cm³/mol. The van der Waals surface area contributed by atoms with Gasteiger partial charge in [0.05, 0.1) is 0 Å². The molecule has 2 amide bonds. The van der Waals surface area contributed by atoms with Gasteiger partial charge in [-0.3, -0.25) is 14.5 Å². The van der Waals surface area contributed by atoms with Gasteiger partial charge in [0.15, 0.2) is 0 Å². The topological polar surface area (TPSA) is 50.3 Å². The lowest BCUT2D eigenvalue weighted by Crippen LogP contribution is -2.32. The van der Waals surface area contributed by atoms with Crippen LogP contribution < -0.4 is 0 Å². The van der Waals surface area contributed by atoms with Crippen LogP contribution in [0.4, 0.5) is 0 Å². The molecule has 2 rings (SSSR count). The minimum Gasteiger partial charge on any atom is -0.278 e. The van der Waals surface area contributed by atoms with Crippen molar-refractivity contribution >= 4 is 23.4 Å². The van der Waals surface area contributed by atoms with Gasteiger partial charge in [0, 0.05) is 24.2 Å². The lowest BCUT2D eigenvalue weighted by Gasteiger charge is -2.15. The van der Waals surface area contributed by atoms with Crippen LogP contribution in [-0.4, -0.2) is 28.2 Å². The molecule has 0 aliphatic carbocycles. The van der Waals surface area contributed by atoms with E-state index < -0.39 is 0 Å². The first-order valence-electron chi connectivity index (χ1n) is 7.06. The van der Waals surface area contributed by atoms with Crippen molar-refractivity contribution in [2.24, 2.45) is 5.92 Å². The van der Waals surface area contributed by atoms with E-state index in [4.69, 9.17) is 11.6 Å². The molecule has 4 nitrogen and oxygen atoms in total. The first kappa shape index (κ1) is 15.0. The predicted octanol–water partition coefficient (Wildman–Crippen LogP) is 3.09. The molecule has 1 aromatic rings. The molecule has 0 spiro atoms. The number of amides is 2. The SMILES string of the molecule is CCCC1CC(=O)N(C(=O)c2cc(Cl)nc(CC)c2)C1. The summed E-state index contributed by atoms with van der Waals surface area (Å²) in [4.78, 5) is 29.9. The summed E-state index contributed by atoms with van der Waals surface area (Å²) in [6.45, 7) is 4.56. The van der Waals surface area contributed by atoms with Gasteiger partial charge in [0.1, 0.15) is 5.15 Å². The molecule has 0 aromatic carbocycles. The largest absolute Gasteiger partial charge is 0.278 e. The van der Waals surface area contributed by atoms with Crippen LogP contribution in [0.5, 0.6) is 0 Å². The second kappa shape index (κ2) is 6.35. The number of imide groups is 1. The zero-order valence-corrected chi connectivity index (χ0v) is 12.6. The monoisotopic (exact) mass is 294 g/mol. The van der Waals surface area contributed by atoms with Gasteiger partial charge in [-0.2, -0.15) is 0 Å². The molecule has 108 valence electrons. The molecule has 0 radical (unpaired) electrons. The summed E-state index contributed by atoms with van der Waals surface area (Å²) in [5, 5.41) is 0.296. The van der Waals surface area contributed by atoms with E-state index in [9.17, 15) is 9.59 Å². The molecule has 20 heavy (non-hydrogen) atoms. The minimum absolute atomic E-state index is 0.0839.